The number of hydrogen-bond acceptors (Lipinski definition) is 5. The zero-order valence-corrected chi connectivity index (χ0v) is 17.9. The van der Waals surface area contributed by atoms with E-state index in [2.05, 4.69) is 4.98 Å². The van der Waals surface area contributed by atoms with Crippen molar-refractivity contribution in [3.63, 3.8) is 0 Å². The molecule has 28 heavy (non-hydrogen) atoms. The highest BCUT2D eigenvalue weighted by atomic mass is 35.5. The fourth-order valence-electron chi connectivity index (χ4n) is 2.37. The second-order valence-electron chi connectivity index (χ2n) is 6.65. The van der Waals surface area contributed by atoms with Crippen molar-refractivity contribution in [3.05, 3.63) is 64.6 Å². The molecule has 0 fully saturated rings. The van der Waals surface area contributed by atoms with Crippen molar-refractivity contribution in [2.45, 2.75) is 29.4 Å². The molecule has 0 radical (unpaired) electrons. The van der Waals surface area contributed by atoms with E-state index in [1.807, 2.05) is 53.9 Å². The number of benzene rings is 2. The standard InChI is InChI=1S/C21H20ClNO3S2/c1-21(2,19(24)25)28-20-23-17(13-27-20)11-12-26-18-9-5-15(6-10-18)14-3-7-16(22)8-4-14/h3-10,13H,11-12H2,1-2H3,(H,24,25). The van der Waals surface area contributed by atoms with Crippen molar-refractivity contribution in [2.75, 3.05) is 6.61 Å². The summed E-state index contributed by atoms with van der Waals surface area (Å²) in [6, 6.07) is 15.7. The molecule has 3 rings (SSSR count). The van der Waals surface area contributed by atoms with Crippen LogP contribution in [0.25, 0.3) is 11.1 Å². The third-order valence-corrected chi connectivity index (χ3v) is 6.47. The second-order valence-corrected chi connectivity index (χ2v) is 9.82. The molecule has 146 valence electrons. The van der Waals surface area contributed by atoms with Gasteiger partial charge in [-0.05, 0) is 49.2 Å². The van der Waals surface area contributed by atoms with Crippen LogP contribution >= 0.6 is 34.7 Å². The fraction of sp³-hybridized carbons (Fsp3) is 0.238. The quantitative estimate of drug-likeness (QED) is 0.439. The van der Waals surface area contributed by atoms with Crippen LogP contribution in [0.4, 0.5) is 0 Å². The van der Waals surface area contributed by atoms with Crippen LogP contribution in [0.3, 0.4) is 0 Å². The first-order chi connectivity index (χ1) is 13.3. The number of ether oxygens (including phenoxy) is 1. The van der Waals surface area contributed by atoms with Gasteiger partial charge in [0.1, 0.15) is 10.5 Å². The Morgan fingerprint density at radius 3 is 2.36 bits per heavy atom. The lowest BCUT2D eigenvalue weighted by atomic mass is 10.1. The van der Waals surface area contributed by atoms with Crippen LogP contribution in [0, 0.1) is 0 Å². The van der Waals surface area contributed by atoms with Crippen LogP contribution < -0.4 is 4.74 Å². The summed E-state index contributed by atoms with van der Waals surface area (Å²) in [4.78, 5) is 15.7. The number of aromatic nitrogens is 1. The number of carboxylic acid groups (broad SMARTS) is 1. The predicted octanol–water partition coefficient (Wildman–Crippen LogP) is 6.04. The molecular formula is C21H20ClNO3S2. The van der Waals surface area contributed by atoms with Gasteiger partial charge in [-0.1, -0.05) is 47.6 Å². The van der Waals surface area contributed by atoms with E-state index in [9.17, 15) is 9.90 Å². The Kier molecular flexibility index (Phi) is 6.65. The highest BCUT2D eigenvalue weighted by Crippen LogP contribution is 2.34. The lowest BCUT2D eigenvalue weighted by Crippen LogP contribution is -2.26. The summed E-state index contributed by atoms with van der Waals surface area (Å²) in [5.41, 5.74) is 3.12. The smallest absolute Gasteiger partial charge is 0.319 e. The summed E-state index contributed by atoms with van der Waals surface area (Å²) in [5, 5.41) is 11.9. The van der Waals surface area contributed by atoms with Crippen molar-refractivity contribution in [1.29, 1.82) is 0 Å². The maximum absolute atomic E-state index is 11.2. The summed E-state index contributed by atoms with van der Waals surface area (Å²) in [6.07, 6.45) is 0.670. The zero-order valence-electron chi connectivity index (χ0n) is 15.5. The molecule has 0 spiro atoms. The van der Waals surface area contributed by atoms with Gasteiger partial charge in [-0.3, -0.25) is 4.79 Å². The van der Waals surface area contributed by atoms with Gasteiger partial charge in [0, 0.05) is 16.8 Å². The number of thiazole rings is 1. The average Bonchev–Trinajstić information content (AvgIpc) is 3.09. The average molecular weight is 434 g/mol. The van der Waals surface area contributed by atoms with Crippen LogP contribution in [0.1, 0.15) is 19.5 Å². The number of rotatable bonds is 8. The summed E-state index contributed by atoms with van der Waals surface area (Å²) in [5.74, 6) is -0.0471. The first-order valence-corrected chi connectivity index (χ1v) is 10.8. The third-order valence-electron chi connectivity index (χ3n) is 4.05. The Labute approximate surface area is 177 Å². The molecule has 0 aliphatic heterocycles. The summed E-state index contributed by atoms with van der Waals surface area (Å²) < 4.78 is 5.68. The van der Waals surface area contributed by atoms with Gasteiger partial charge >= 0.3 is 5.97 Å². The summed E-state index contributed by atoms with van der Waals surface area (Å²) in [6.45, 7) is 3.87. The van der Waals surface area contributed by atoms with Crippen molar-refractivity contribution in [1.82, 2.24) is 4.98 Å². The molecule has 0 aliphatic rings. The van der Waals surface area contributed by atoms with E-state index >= 15 is 0 Å². The van der Waals surface area contributed by atoms with Gasteiger partial charge in [0.05, 0.1) is 12.3 Å². The second kappa shape index (κ2) is 8.99. The normalized spacial score (nSPS) is 11.4. The molecule has 0 aliphatic carbocycles. The first-order valence-electron chi connectivity index (χ1n) is 8.69. The minimum Gasteiger partial charge on any atom is -0.493 e. The van der Waals surface area contributed by atoms with Gasteiger partial charge in [-0.2, -0.15) is 0 Å². The van der Waals surface area contributed by atoms with Crippen molar-refractivity contribution < 1.29 is 14.6 Å². The molecule has 4 nitrogen and oxygen atoms in total. The van der Waals surface area contributed by atoms with E-state index < -0.39 is 10.7 Å². The number of carboxylic acids is 1. The molecular weight excluding hydrogens is 414 g/mol. The van der Waals surface area contributed by atoms with E-state index in [-0.39, 0.29) is 0 Å². The number of aliphatic carboxylic acids is 1. The molecule has 7 heteroatoms. The Bertz CT molecular complexity index is 937. The maximum Gasteiger partial charge on any atom is 0.319 e. The van der Waals surface area contributed by atoms with Gasteiger partial charge in [0.25, 0.3) is 0 Å². The Morgan fingerprint density at radius 2 is 1.75 bits per heavy atom. The number of hydrogen-bond donors (Lipinski definition) is 1. The van der Waals surface area contributed by atoms with Crippen LogP contribution in [0.15, 0.2) is 58.3 Å². The van der Waals surface area contributed by atoms with E-state index in [1.165, 1.54) is 23.1 Å². The molecule has 2 aromatic carbocycles. The zero-order chi connectivity index (χ0) is 20.1. The Hall–Kier alpha value is -2.02. The molecule has 1 aromatic heterocycles. The van der Waals surface area contributed by atoms with E-state index in [0.717, 1.165) is 31.9 Å². The fourth-order valence-corrected chi connectivity index (χ4v) is 4.72. The summed E-state index contributed by atoms with van der Waals surface area (Å²) >= 11 is 8.66. The van der Waals surface area contributed by atoms with Gasteiger partial charge < -0.3 is 9.84 Å². The molecule has 3 aromatic rings. The van der Waals surface area contributed by atoms with Gasteiger partial charge in [-0.15, -0.1) is 11.3 Å². The largest absolute Gasteiger partial charge is 0.493 e. The van der Waals surface area contributed by atoms with Gasteiger partial charge in [0.15, 0.2) is 4.34 Å². The van der Waals surface area contributed by atoms with Crippen molar-refractivity contribution >= 4 is 40.7 Å². The predicted molar refractivity (Wildman–Crippen MR) is 116 cm³/mol. The number of halogens is 1. The van der Waals surface area contributed by atoms with Gasteiger partial charge in [0.2, 0.25) is 0 Å². The Morgan fingerprint density at radius 1 is 1.14 bits per heavy atom. The van der Waals surface area contributed by atoms with Crippen molar-refractivity contribution in [3.8, 4) is 16.9 Å². The highest BCUT2D eigenvalue weighted by Gasteiger charge is 2.29. The molecule has 1 N–H and O–H groups in total. The highest BCUT2D eigenvalue weighted by molar-refractivity contribution is 8.02. The lowest BCUT2D eigenvalue weighted by molar-refractivity contribution is -0.138. The lowest BCUT2D eigenvalue weighted by Gasteiger charge is -2.15. The molecule has 0 unspecified atom stereocenters. The number of carbonyl (C=O) groups is 1. The molecule has 0 saturated heterocycles. The van der Waals surface area contributed by atoms with E-state index in [4.69, 9.17) is 16.3 Å². The monoisotopic (exact) mass is 433 g/mol. The van der Waals surface area contributed by atoms with Crippen LogP contribution in [-0.4, -0.2) is 27.4 Å². The topological polar surface area (TPSA) is 59.4 Å². The van der Waals surface area contributed by atoms with Crippen molar-refractivity contribution in [2.24, 2.45) is 0 Å². The Balaban J connectivity index is 1.51. The molecule has 1 heterocycles. The third kappa shape index (κ3) is 5.50. The van der Waals surface area contributed by atoms with E-state index in [1.54, 1.807) is 13.8 Å². The minimum atomic E-state index is -0.891. The van der Waals surface area contributed by atoms with Crippen LogP contribution in [-0.2, 0) is 11.2 Å². The molecule has 0 bridgehead atoms. The molecule has 0 amide bonds. The van der Waals surface area contributed by atoms with E-state index in [0.29, 0.717) is 13.0 Å². The first kappa shape index (κ1) is 20.7. The maximum atomic E-state index is 11.2. The SMILES string of the molecule is CC(C)(Sc1nc(CCOc2ccc(-c3ccc(Cl)cc3)cc2)cs1)C(=O)O. The summed E-state index contributed by atoms with van der Waals surface area (Å²) in [7, 11) is 0. The minimum absolute atomic E-state index is 0.510. The van der Waals surface area contributed by atoms with Gasteiger partial charge in [-0.25, -0.2) is 4.98 Å². The van der Waals surface area contributed by atoms with Crippen LogP contribution in [0.2, 0.25) is 5.02 Å². The van der Waals surface area contributed by atoms with Crippen LogP contribution in [0.5, 0.6) is 5.75 Å². The molecule has 0 atom stereocenters. The molecule has 0 saturated carbocycles. The number of thioether (sulfide) groups is 1. The number of nitrogens with zero attached hydrogens (tertiary/aromatic N) is 1.